The van der Waals surface area contributed by atoms with Crippen molar-refractivity contribution in [2.45, 2.75) is 5.92 Å². The van der Waals surface area contributed by atoms with Crippen LogP contribution < -0.4 is 0 Å². The molecule has 12 rings (SSSR count). The van der Waals surface area contributed by atoms with Gasteiger partial charge in [-0.1, -0.05) is 140 Å². The Labute approximate surface area is 318 Å². The number of nitrogens with zero attached hydrogens (tertiary/aromatic N) is 2. The Balaban J connectivity index is 1.14. The van der Waals surface area contributed by atoms with Crippen molar-refractivity contribution in [3.05, 3.63) is 217 Å². The molecule has 0 saturated carbocycles. The molecule has 9 aromatic carbocycles. The van der Waals surface area contributed by atoms with Crippen LogP contribution in [0.3, 0.4) is 0 Å². The SMILES string of the molecule is c1ccc(C2c3ccccc3-c3cc(-c4ccc5c(c4)c4c6c7ccccc7n(-c7ccccc7)c6ccc4n5-c4ccc5ccccc5c4)ccc32)cc1. The van der Waals surface area contributed by atoms with E-state index in [0.29, 0.717) is 0 Å². The van der Waals surface area contributed by atoms with E-state index >= 15 is 0 Å². The molecule has 1 unspecified atom stereocenters. The summed E-state index contributed by atoms with van der Waals surface area (Å²) >= 11 is 0. The van der Waals surface area contributed by atoms with Gasteiger partial charge in [-0.15, -0.1) is 0 Å². The fourth-order valence-corrected chi connectivity index (χ4v) is 9.59. The van der Waals surface area contributed by atoms with Crippen LogP contribution in [-0.2, 0) is 0 Å². The number of fused-ring (bicyclic) bond motifs is 11. The van der Waals surface area contributed by atoms with Gasteiger partial charge in [-0.2, -0.15) is 0 Å². The summed E-state index contributed by atoms with van der Waals surface area (Å²) in [6.07, 6.45) is 0. The second-order valence-electron chi connectivity index (χ2n) is 14.9. The van der Waals surface area contributed by atoms with Crippen LogP contribution in [0.4, 0.5) is 0 Å². The summed E-state index contributed by atoms with van der Waals surface area (Å²) in [5.41, 5.74) is 16.4. The molecule has 256 valence electrons. The number of benzene rings is 9. The number of hydrogen-bond acceptors (Lipinski definition) is 0. The van der Waals surface area contributed by atoms with Gasteiger partial charge in [0.25, 0.3) is 0 Å². The van der Waals surface area contributed by atoms with E-state index in [-0.39, 0.29) is 5.92 Å². The van der Waals surface area contributed by atoms with Crippen molar-refractivity contribution < 1.29 is 0 Å². The molecule has 1 aliphatic rings. The molecule has 2 aromatic heterocycles. The molecule has 1 aliphatic carbocycles. The monoisotopic (exact) mass is 698 g/mol. The molecule has 0 radical (unpaired) electrons. The Morgan fingerprint density at radius 1 is 0.327 bits per heavy atom. The highest BCUT2D eigenvalue weighted by Gasteiger charge is 2.30. The second-order valence-corrected chi connectivity index (χ2v) is 14.9. The van der Waals surface area contributed by atoms with Crippen LogP contribution in [0.25, 0.3) is 88.0 Å². The molecule has 0 fully saturated rings. The summed E-state index contributed by atoms with van der Waals surface area (Å²) < 4.78 is 4.90. The molecule has 1 atom stereocenters. The third-order valence-corrected chi connectivity index (χ3v) is 12.0. The van der Waals surface area contributed by atoms with Gasteiger partial charge in [0.05, 0.1) is 22.1 Å². The Morgan fingerprint density at radius 2 is 0.927 bits per heavy atom. The maximum atomic E-state index is 2.47. The Bertz CT molecular complexity index is 3310. The highest BCUT2D eigenvalue weighted by Crippen LogP contribution is 2.50. The van der Waals surface area contributed by atoms with E-state index in [0.717, 1.165) is 0 Å². The molecule has 2 heteroatoms. The number of rotatable bonds is 4. The van der Waals surface area contributed by atoms with Gasteiger partial charge in [0.1, 0.15) is 0 Å². The highest BCUT2D eigenvalue weighted by atomic mass is 15.0. The van der Waals surface area contributed by atoms with Gasteiger partial charge < -0.3 is 9.13 Å². The molecule has 0 spiro atoms. The average Bonchev–Trinajstić information content (AvgIpc) is 3.89. The van der Waals surface area contributed by atoms with E-state index < -0.39 is 0 Å². The summed E-state index contributed by atoms with van der Waals surface area (Å²) in [5.74, 6) is 0.235. The summed E-state index contributed by atoms with van der Waals surface area (Å²) in [4.78, 5) is 0. The Morgan fingerprint density at radius 3 is 1.78 bits per heavy atom. The summed E-state index contributed by atoms with van der Waals surface area (Å²) in [7, 11) is 0. The van der Waals surface area contributed by atoms with E-state index in [2.05, 4.69) is 209 Å². The fraction of sp³-hybridized carbons (Fsp3) is 0.0189. The van der Waals surface area contributed by atoms with Crippen LogP contribution in [0.5, 0.6) is 0 Å². The summed E-state index contributed by atoms with van der Waals surface area (Å²) in [5, 5.41) is 7.56. The van der Waals surface area contributed by atoms with Crippen LogP contribution in [0, 0.1) is 0 Å². The zero-order valence-corrected chi connectivity index (χ0v) is 30.0. The Hall–Kier alpha value is -7.16. The topological polar surface area (TPSA) is 9.86 Å². The van der Waals surface area contributed by atoms with Crippen LogP contribution in [-0.4, -0.2) is 9.13 Å². The van der Waals surface area contributed by atoms with Crippen molar-refractivity contribution in [2.24, 2.45) is 0 Å². The Kier molecular flexibility index (Phi) is 6.43. The predicted molar refractivity (Wildman–Crippen MR) is 231 cm³/mol. The lowest BCUT2D eigenvalue weighted by atomic mass is 9.89. The third kappa shape index (κ3) is 4.43. The minimum atomic E-state index is 0.235. The van der Waals surface area contributed by atoms with Crippen LogP contribution in [0.15, 0.2) is 200 Å². The molecule has 0 N–H and O–H groups in total. The van der Waals surface area contributed by atoms with Gasteiger partial charge in [0.15, 0.2) is 0 Å². The first-order valence-corrected chi connectivity index (χ1v) is 19.1. The standard InChI is InChI=1S/C53H34N2/c1-3-14-35(15-4-1)51-42-20-10-9-19-41(42)45-32-37(24-27-43(45)51)38-25-28-48-46(33-38)53-50(55(48)40-26-23-34-13-7-8-16-36(34)31-40)30-29-49-52(53)44-21-11-12-22-47(44)54(49)39-17-5-2-6-18-39/h1-33,51H. The van der Waals surface area contributed by atoms with Crippen molar-refractivity contribution in [3.63, 3.8) is 0 Å². The predicted octanol–water partition coefficient (Wildman–Crippen LogP) is 13.9. The van der Waals surface area contributed by atoms with E-state index in [9.17, 15) is 0 Å². The van der Waals surface area contributed by atoms with Crippen molar-refractivity contribution in [1.82, 2.24) is 9.13 Å². The molecule has 0 bridgehead atoms. The summed E-state index contributed by atoms with van der Waals surface area (Å²) in [6, 6.07) is 73.9. The number of para-hydroxylation sites is 2. The molecule has 11 aromatic rings. The van der Waals surface area contributed by atoms with Gasteiger partial charge in [0.2, 0.25) is 0 Å². The van der Waals surface area contributed by atoms with Crippen LogP contribution >= 0.6 is 0 Å². The molecular weight excluding hydrogens is 665 g/mol. The van der Waals surface area contributed by atoms with Gasteiger partial charge in [-0.3, -0.25) is 0 Å². The lowest BCUT2D eigenvalue weighted by molar-refractivity contribution is 1.02. The van der Waals surface area contributed by atoms with Gasteiger partial charge >= 0.3 is 0 Å². The van der Waals surface area contributed by atoms with Crippen molar-refractivity contribution in [2.75, 3.05) is 0 Å². The van der Waals surface area contributed by atoms with Crippen LogP contribution in [0.2, 0.25) is 0 Å². The molecule has 0 aliphatic heterocycles. The molecular formula is C53H34N2. The maximum Gasteiger partial charge on any atom is 0.0548 e. The van der Waals surface area contributed by atoms with E-state index in [1.165, 1.54) is 105 Å². The first kappa shape index (κ1) is 30.3. The van der Waals surface area contributed by atoms with Gasteiger partial charge in [-0.25, -0.2) is 0 Å². The highest BCUT2D eigenvalue weighted by molar-refractivity contribution is 6.29. The molecule has 55 heavy (non-hydrogen) atoms. The lowest BCUT2D eigenvalue weighted by Crippen LogP contribution is -1.98. The van der Waals surface area contributed by atoms with E-state index in [1.54, 1.807) is 0 Å². The van der Waals surface area contributed by atoms with Gasteiger partial charge in [0, 0.05) is 38.8 Å². The van der Waals surface area contributed by atoms with E-state index in [1.807, 2.05) is 0 Å². The fourth-order valence-electron chi connectivity index (χ4n) is 9.59. The normalized spacial score (nSPS) is 13.6. The van der Waals surface area contributed by atoms with Crippen LogP contribution in [0.1, 0.15) is 22.6 Å². The van der Waals surface area contributed by atoms with Crippen molar-refractivity contribution in [3.8, 4) is 33.6 Å². The number of hydrogen-bond donors (Lipinski definition) is 0. The third-order valence-electron chi connectivity index (χ3n) is 12.0. The first-order valence-electron chi connectivity index (χ1n) is 19.1. The molecule has 0 amide bonds. The summed E-state index contributed by atoms with van der Waals surface area (Å²) in [6.45, 7) is 0. The quantitative estimate of drug-likeness (QED) is 0.173. The maximum absolute atomic E-state index is 2.47. The smallest absolute Gasteiger partial charge is 0.0548 e. The molecule has 2 heterocycles. The zero-order valence-electron chi connectivity index (χ0n) is 30.0. The second kappa shape index (κ2) is 11.7. The number of aromatic nitrogens is 2. The zero-order chi connectivity index (χ0) is 36.0. The molecule has 2 nitrogen and oxygen atoms in total. The minimum Gasteiger partial charge on any atom is -0.309 e. The van der Waals surface area contributed by atoms with Gasteiger partial charge in [-0.05, 0) is 110 Å². The minimum absolute atomic E-state index is 0.235. The van der Waals surface area contributed by atoms with E-state index in [4.69, 9.17) is 0 Å². The molecule has 0 saturated heterocycles. The largest absolute Gasteiger partial charge is 0.309 e. The first-order chi connectivity index (χ1) is 27.3. The van der Waals surface area contributed by atoms with Crippen molar-refractivity contribution >= 4 is 54.4 Å². The average molecular weight is 699 g/mol. The lowest BCUT2D eigenvalue weighted by Gasteiger charge is -2.14. The van der Waals surface area contributed by atoms with Crippen molar-refractivity contribution in [1.29, 1.82) is 0 Å².